The minimum Gasteiger partial charge on any atom is -0.395 e. The van der Waals surface area contributed by atoms with Gasteiger partial charge in [0.25, 0.3) is 0 Å². The first kappa shape index (κ1) is 12.7. The number of ether oxygens (including phenoxy) is 2. The summed E-state index contributed by atoms with van der Waals surface area (Å²) >= 11 is 0. The van der Waals surface area contributed by atoms with Gasteiger partial charge in [0.15, 0.2) is 11.5 Å². The Bertz CT molecular complexity index is 471. The van der Waals surface area contributed by atoms with Crippen molar-refractivity contribution in [3.8, 4) is 11.5 Å². The smallest absolute Gasteiger partial charge is 0.395 e. The van der Waals surface area contributed by atoms with Crippen LogP contribution in [-0.2, 0) is 0 Å². The van der Waals surface area contributed by atoms with E-state index in [2.05, 4.69) is 14.8 Å². The van der Waals surface area contributed by atoms with Crippen LogP contribution in [0.5, 0.6) is 11.5 Å². The number of rotatable bonds is 2. The van der Waals surface area contributed by atoms with E-state index in [4.69, 9.17) is 0 Å². The first-order valence-corrected chi connectivity index (χ1v) is 6.64. The highest BCUT2D eigenvalue weighted by Crippen LogP contribution is 2.43. The third-order valence-electron chi connectivity index (χ3n) is 4.03. The molecule has 1 N–H and O–H groups in total. The molecule has 3 rings (SSSR count). The van der Waals surface area contributed by atoms with Crippen LogP contribution in [0.25, 0.3) is 0 Å². The lowest BCUT2D eigenvalue weighted by Gasteiger charge is -2.28. The average Bonchev–Trinajstić information content (AvgIpc) is 2.71. The topological polar surface area (TPSA) is 30.5 Å². The van der Waals surface area contributed by atoms with Gasteiger partial charge in [-0.2, -0.15) is 0 Å². The minimum atomic E-state index is -3.52. The van der Waals surface area contributed by atoms with Gasteiger partial charge < -0.3 is 14.8 Å². The zero-order valence-corrected chi connectivity index (χ0v) is 10.8. The molecular formula is C14H17F2NO2. The van der Waals surface area contributed by atoms with Gasteiger partial charge in [-0.1, -0.05) is 6.07 Å². The van der Waals surface area contributed by atoms with Crippen molar-refractivity contribution >= 4 is 0 Å². The summed E-state index contributed by atoms with van der Waals surface area (Å²) in [5.74, 6) is 0.698. The van der Waals surface area contributed by atoms with Crippen LogP contribution >= 0.6 is 0 Å². The number of hydrogen-bond donors (Lipinski definition) is 1. The Morgan fingerprint density at radius 1 is 1.11 bits per heavy atom. The highest BCUT2D eigenvalue weighted by molar-refractivity contribution is 5.46. The van der Waals surface area contributed by atoms with Gasteiger partial charge >= 0.3 is 6.29 Å². The molecule has 1 aromatic rings. The number of halogens is 2. The first-order chi connectivity index (χ1) is 9.07. The Morgan fingerprint density at radius 2 is 1.79 bits per heavy atom. The Kier molecular flexibility index (Phi) is 3.09. The molecule has 0 radical (unpaired) electrons. The summed E-state index contributed by atoms with van der Waals surface area (Å²) in [6.45, 7) is 0. The molecular weight excluding hydrogens is 252 g/mol. The second kappa shape index (κ2) is 4.63. The average molecular weight is 269 g/mol. The lowest BCUT2D eigenvalue weighted by atomic mass is 9.82. The van der Waals surface area contributed by atoms with Crippen LogP contribution in [0.3, 0.4) is 0 Å². The highest BCUT2D eigenvalue weighted by atomic mass is 19.3. The molecule has 1 saturated carbocycles. The fraction of sp³-hybridized carbons (Fsp3) is 0.571. The quantitative estimate of drug-likeness (QED) is 0.894. The summed E-state index contributed by atoms with van der Waals surface area (Å²) in [4.78, 5) is 0. The second-order valence-electron chi connectivity index (χ2n) is 5.21. The summed E-state index contributed by atoms with van der Waals surface area (Å²) in [6, 6.07) is 5.72. The predicted molar refractivity (Wildman–Crippen MR) is 66.7 cm³/mol. The van der Waals surface area contributed by atoms with Crippen LogP contribution in [0.15, 0.2) is 18.2 Å². The van der Waals surface area contributed by atoms with Crippen molar-refractivity contribution in [2.75, 3.05) is 7.05 Å². The molecule has 5 heteroatoms. The van der Waals surface area contributed by atoms with Crippen molar-refractivity contribution in [1.82, 2.24) is 5.32 Å². The van der Waals surface area contributed by atoms with Crippen LogP contribution < -0.4 is 14.8 Å². The molecule has 1 aliphatic heterocycles. The third kappa shape index (κ3) is 2.52. The summed E-state index contributed by atoms with van der Waals surface area (Å²) in [6.07, 6.45) is 0.853. The molecule has 0 saturated heterocycles. The normalized spacial score (nSPS) is 28.4. The van der Waals surface area contributed by atoms with E-state index in [0.29, 0.717) is 12.0 Å². The van der Waals surface area contributed by atoms with E-state index in [1.807, 2.05) is 13.1 Å². The molecule has 0 spiro atoms. The van der Waals surface area contributed by atoms with Gasteiger partial charge in [-0.3, -0.25) is 0 Å². The van der Waals surface area contributed by atoms with Crippen molar-refractivity contribution < 1.29 is 18.3 Å². The van der Waals surface area contributed by atoms with Crippen molar-refractivity contribution in [1.29, 1.82) is 0 Å². The maximum Gasteiger partial charge on any atom is 0.586 e. The molecule has 19 heavy (non-hydrogen) atoms. The molecule has 1 heterocycles. The van der Waals surface area contributed by atoms with E-state index in [0.717, 1.165) is 31.2 Å². The van der Waals surface area contributed by atoms with Gasteiger partial charge in [0.05, 0.1) is 0 Å². The van der Waals surface area contributed by atoms with Crippen molar-refractivity contribution in [3.05, 3.63) is 23.8 Å². The van der Waals surface area contributed by atoms with Gasteiger partial charge in [-0.25, -0.2) is 0 Å². The van der Waals surface area contributed by atoms with Crippen molar-refractivity contribution in [2.24, 2.45) is 0 Å². The van der Waals surface area contributed by atoms with Gasteiger partial charge in [-0.05, 0) is 56.3 Å². The van der Waals surface area contributed by atoms with Gasteiger partial charge in [-0.15, -0.1) is 8.78 Å². The van der Waals surface area contributed by atoms with E-state index in [1.165, 1.54) is 0 Å². The monoisotopic (exact) mass is 269 g/mol. The zero-order valence-electron chi connectivity index (χ0n) is 10.8. The number of alkyl halides is 2. The number of nitrogens with one attached hydrogen (secondary N) is 1. The van der Waals surface area contributed by atoms with E-state index in [-0.39, 0.29) is 11.5 Å². The number of benzene rings is 1. The van der Waals surface area contributed by atoms with Crippen LogP contribution in [0.1, 0.15) is 37.2 Å². The molecule has 0 aromatic heterocycles. The van der Waals surface area contributed by atoms with Crippen molar-refractivity contribution in [2.45, 2.75) is 43.9 Å². The molecule has 0 bridgehead atoms. The fourth-order valence-corrected chi connectivity index (χ4v) is 2.93. The molecule has 0 atom stereocenters. The van der Waals surface area contributed by atoms with E-state index in [1.54, 1.807) is 12.1 Å². The molecule has 104 valence electrons. The van der Waals surface area contributed by atoms with Crippen LogP contribution in [0, 0.1) is 0 Å². The molecule has 0 unspecified atom stereocenters. The van der Waals surface area contributed by atoms with E-state index in [9.17, 15) is 8.78 Å². The predicted octanol–water partition coefficient (Wildman–Crippen LogP) is 3.25. The van der Waals surface area contributed by atoms with E-state index >= 15 is 0 Å². The number of hydrogen-bond acceptors (Lipinski definition) is 3. The second-order valence-corrected chi connectivity index (χ2v) is 5.21. The largest absolute Gasteiger partial charge is 0.586 e. The molecule has 1 fully saturated rings. The molecule has 1 aliphatic carbocycles. The summed E-state index contributed by atoms with van der Waals surface area (Å²) in [5.41, 5.74) is 1.06. The van der Waals surface area contributed by atoms with E-state index < -0.39 is 6.29 Å². The van der Waals surface area contributed by atoms with Gasteiger partial charge in [0, 0.05) is 6.04 Å². The lowest BCUT2D eigenvalue weighted by Crippen LogP contribution is -2.29. The first-order valence-electron chi connectivity index (χ1n) is 6.64. The van der Waals surface area contributed by atoms with Crippen molar-refractivity contribution in [3.63, 3.8) is 0 Å². The van der Waals surface area contributed by atoms with Gasteiger partial charge in [0.1, 0.15) is 0 Å². The molecule has 1 aromatic carbocycles. The Morgan fingerprint density at radius 3 is 2.47 bits per heavy atom. The maximum atomic E-state index is 13.0. The highest BCUT2D eigenvalue weighted by Gasteiger charge is 2.43. The maximum absolute atomic E-state index is 13.0. The Hall–Kier alpha value is -1.36. The SMILES string of the molecule is CNC1CCC(c2ccc3c(c2)OC(F)(F)O3)CC1. The van der Waals surface area contributed by atoms with Gasteiger partial charge in [0.2, 0.25) is 0 Å². The minimum absolute atomic E-state index is 0.123. The zero-order chi connectivity index (χ0) is 13.5. The number of fused-ring (bicyclic) bond motifs is 1. The summed E-state index contributed by atoms with van der Waals surface area (Å²) < 4.78 is 34.8. The molecule has 2 aliphatic rings. The Labute approximate surface area is 110 Å². The fourth-order valence-electron chi connectivity index (χ4n) is 2.93. The Balaban J connectivity index is 1.74. The molecule has 0 amide bonds. The summed E-state index contributed by atoms with van der Waals surface area (Å²) in [5, 5.41) is 3.28. The van der Waals surface area contributed by atoms with Crippen LogP contribution in [-0.4, -0.2) is 19.4 Å². The third-order valence-corrected chi connectivity index (χ3v) is 4.03. The van der Waals surface area contributed by atoms with Crippen LogP contribution in [0.2, 0.25) is 0 Å². The van der Waals surface area contributed by atoms with Crippen LogP contribution in [0.4, 0.5) is 8.78 Å². The summed E-state index contributed by atoms with van der Waals surface area (Å²) in [7, 11) is 1.98. The molecule has 3 nitrogen and oxygen atoms in total. The standard InChI is InChI=1S/C14H17F2NO2/c1-17-11-5-2-9(3-6-11)10-4-7-12-13(8-10)19-14(15,16)18-12/h4,7-9,11,17H,2-3,5-6H2,1H3. The lowest BCUT2D eigenvalue weighted by molar-refractivity contribution is -0.286.